The molecule has 7 heteroatoms. The number of rotatable bonds is 6. The maximum atomic E-state index is 13.7. The number of hydrogen-bond acceptors (Lipinski definition) is 4. The molecule has 1 aromatic rings. The van der Waals surface area contributed by atoms with Crippen molar-refractivity contribution >= 4 is 23.0 Å². The summed E-state index contributed by atoms with van der Waals surface area (Å²) in [7, 11) is 0. The van der Waals surface area contributed by atoms with E-state index in [9.17, 15) is 23.8 Å². The Balaban J connectivity index is 1.60. The van der Waals surface area contributed by atoms with Gasteiger partial charge in [0.25, 0.3) is 0 Å². The zero-order valence-electron chi connectivity index (χ0n) is 19.1. The second-order valence-electron chi connectivity index (χ2n) is 10.5. The van der Waals surface area contributed by atoms with Crippen LogP contribution in [0.5, 0.6) is 0 Å². The van der Waals surface area contributed by atoms with Gasteiger partial charge in [0.1, 0.15) is 4.88 Å². The molecule has 1 heterocycles. The number of hydrogen-bond donors (Lipinski definition) is 2. The highest BCUT2D eigenvalue weighted by Gasteiger charge is 2.37. The summed E-state index contributed by atoms with van der Waals surface area (Å²) in [5, 5.41) is 20.0. The quantitative estimate of drug-likeness (QED) is 0.488. The van der Waals surface area contributed by atoms with Gasteiger partial charge in [-0.1, -0.05) is 19.8 Å². The van der Waals surface area contributed by atoms with Gasteiger partial charge in [-0.3, -0.25) is 0 Å². The number of nitrogens with zero attached hydrogens (tertiary/aromatic N) is 1. The fourth-order valence-corrected chi connectivity index (χ4v) is 7.07. The Labute approximate surface area is 194 Å². The van der Waals surface area contributed by atoms with Gasteiger partial charge in [0.05, 0.1) is 11.8 Å². The number of halogens is 2. The fourth-order valence-electron chi connectivity index (χ4n) is 5.90. The molecule has 4 rings (SSSR count). The minimum Gasteiger partial charge on any atom is -0.477 e. The lowest BCUT2D eigenvalue weighted by Crippen LogP contribution is -2.43. The summed E-state index contributed by atoms with van der Waals surface area (Å²) in [6, 6.07) is 2.24. The summed E-state index contributed by atoms with van der Waals surface area (Å²) >= 11 is 1.29. The Morgan fingerprint density at radius 1 is 1.06 bits per heavy atom. The lowest BCUT2D eigenvalue weighted by Gasteiger charge is -2.40. The first-order valence-corrected chi connectivity index (χ1v) is 13.2. The maximum Gasteiger partial charge on any atom is 0.348 e. The molecule has 1 aromatic heterocycles. The number of aliphatic hydroxyl groups is 1. The molecule has 0 saturated heterocycles. The molecule has 0 bridgehead atoms. The molecule has 2 N–H and O–H groups in total. The van der Waals surface area contributed by atoms with Gasteiger partial charge in [0.2, 0.25) is 5.92 Å². The van der Waals surface area contributed by atoms with Gasteiger partial charge in [0, 0.05) is 30.3 Å². The average molecular weight is 470 g/mol. The average Bonchev–Trinajstić information content (AvgIpc) is 3.19. The van der Waals surface area contributed by atoms with Crippen LogP contribution in [-0.4, -0.2) is 40.8 Å². The van der Waals surface area contributed by atoms with Crippen LogP contribution in [0.2, 0.25) is 0 Å². The molecule has 0 unspecified atom stereocenters. The molecule has 32 heavy (non-hydrogen) atoms. The largest absolute Gasteiger partial charge is 0.477 e. The third-order valence-corrected chi connectivity index (χ3v) is 9.33. The van der Waals surface area contributed by atoms with Gasteiger partial charge in [-0.15, -0.1) is 11.3 Å². The van der Waals surface area contributed by atoms with Gasteiger partial charge in [-0.05, 0) is 75.2 Å². The minimum absolute atomic E-state index is 0.0250. The lowest BCUT2D eigenvalue weighted by atomic mass is 9.82. The van der Waals surface area contributed by atoms with Crippen molar-refractivity contribution in [3.05, 3.63) is 15.8 Å². The van der Waals surface area contributed by atoms with Crippen molar-refractivity contribution in [2.75, 3.05) is 11.4 Å². The standard InChI is InChI=1S/C25H37F2NO3S/c1-16-2-4-17(5-3-16)15-28(19-6-8-20(29)9-7-19)21-14-22(32-23(21)24(30)31)18-10-12-25(26,27)13-11-18/h14,16-20,29H,2-13,15H2,1H3,(H,30,31). The van der Waals surface area contributed by atoms with Gasteiger partial charge in [0.15, 0.2) is 0 Å². The number of thiophene rings is 1. The van der Waals surface area contributed by atoms with E-state index in [1.165, 1.54) is 37.0 Å². The van der Waals surface area contributed by atoms with Crippen molar-refractivity contribution in [2.45, 2.75) is 108 Å². The van der Waals surface area contributed by atoms with E-state index in [1.54, 1.807) is 0 Å². The van der Waals surface area contributed by atoms with Crippen LogP contribution in [0.3, 0.4) is 0 Å². The second kappa shape index (κ2) is 9.96. The van der Waals surface area contributed by atoms with E-state index in [2.05, 4.69) is 11.8 Å². The van der Waals surface area contributed by atoms with Crippen LogP contribution in [0.15, 0.2) is 6.07 Å². The molecule has 0 atom stereocenters. The molecule has 0 amide bonds. The molecule has 3 aliphatic rings. The minimum atomic E-state index is -2.58. The Kier molecular flexibility index (Phi) is 7.45. The number of aromatic carboxylic acids is 1. The van der Waals surface area contributed by atoms with E-state index < -0.39 is 11.9 Å². The van der Waals surface area contributed by atoms with Crippen molar-refractivity contribution in [1.82, 2.24) is 0 Å². The van der Waals surface area contributed by atoms with E-state index in [-0.39, 0.29) is 30.9 Å². The molecular formula is C25H37F2NO3S. The highest BCUT2D eigenvalue weighted by Crippen LogP contribution is 2.46. The molecule has 4 nitrogen and oxygen atoms in total. The lowest BCUT2D eigenvalue weighted by molar-refractivity contribution is -0.0379. The highest BCUT2D eigenvalue weighted by atomic mass is 32.1. The van der Waals surface area contributed by atoms with Crippen LogP contribution in [0.4, 0.5) is 14.5 Å². The Morgan fingerprint density at radius 2 is 1.69 bits per heavy atom. The first-order chi connectivity index (χ1) is 15.2. The summed E-state index contributed by atoms with van der Waals surface area (Å²) in [5.41, 5.74) is 0.787. The molecular weight excluding hydrogens is 432 g/mol. The number of carboxylic acid groups (broad SMARTS) is 1. The molecule has 0 aromatic carbocycles. The summed E-state index contributed by atoms with van der Waals surface area (Å²) in [5.74, 6) is -2.17. The summed E-state index contributed by atoms with van der Waals surface area (Å²) in [6.45, 7) is 3.16. The monoisotopic (exact) mass is 469 g/mol. The number of aliphatic hydroxyl groups excluding tert-OH is 1. The number of carbonyl (C=O) groups is 1. The van der Waals surface area contributed by atoms with Crippen molar-refractivity contribution in [2.24, 2.45) is 11.8 Å². The molecule has 0 radical (unpaired) electrons. The normalized spacial score (nSPS) is 31.4. The second-order valence-corrected chi connectivity index (χ2v) is 11.6. The fraction of sp³-hybridized carbons (Fsp3) is 0.800. The third kappa shape index (κ3) is 5.64. The maximum absolute atomic E-state index is 13.7. The van der Waals surface area contributed by atoms with E-state index in [0.717, 1.165) is 48.7 Å². The number of anilines is 1. The first-order valence-electron chi connectivity index (χ1n) is 12.4. The third-order valence-electron chi connectivity index (χ3n) is 8.05. The van der Waals surface area contributed by atoms with Crippen molar-refractivity contribution in [3.8, 4) is 0 Å². The first kappa shape index (κ1) is 23.9. The van der Waals surface area contributed by atoms with Crippen molar-refractivity contribution in [1.29, 1.82) is 0 Å². The van der Waals surface area contributed by atoms with Crippen LogP contribution < -0.4 is 4.90 Å². The van der Waals surface area contributed by atoms with Gasteiger partial charge in [-0.25, -0.2) is 13.6 Å². The van der Waals surface area contributed by atoms with Crippen LogP contribution in [0, 0.1) is 11.8 Å². The van der Waals surface area contributed by atoms with Crippen LogP contribution in [0.1, 0.15) is 104 Å². The summed E-state index contributed by atoms with van der Waals surface area (Å²) < 4.78 is 27.4. The van der Waals surface area contributed by atoms with E-state index in [4.69, 9.17) is 0 Å². The molecule has 0 aliphatic heterocycles. The smallest absolute Gasteiger partial charge is 0.348 e. The number of alkyl halides is 2. The summed E-state index contributed by atoms with van der Waals surface area (Å²) in [4.78, 5) is 15.9. The number of carboxylic acids is 1. The molecule has 3 fully saturated rings. The van der Waals surface area contributed by atoms with Crippen LogP contribution >= 0.6 is 11.3 Å². The summed E-state index contributed by atoms with van der Waals surface area (Å²) in [6.07, 6.45) is 8.37. The molecule has 3 aliphatic carbocycles. The van der Waals surface area contributed by atoms with Crippen molar-refractivity contribution in [3.63, 3.8) is 0 Å². The Morgan fingerprint density at radius 3 is 2.28 bits per heavy atom. The van der Waals surface area contributed by atoms with Crippen molar-refractivity contribution < 1.29 is 23.8 Å². The zero-order valence-corrected chi connectivity index (χ0v) is 19.9. The van der Waals surface area contributed by atoms with E-state index in [0.29, 0.717) is 23.6 Å². The van der Waals surface area contributed by atoms with E-state index >= 15 is 0 Å². The topological polar surface area (TPSA) is 60.8 Å². The van der Waals surface area contributed by atoms with E-state index in [1.807, 2.05) is 6.07 Å². The predicted molar refractivity (Wildman–Crippen MR) is 124 cm³/mol. The molecule has 180 valence electrons. The van der Waals surface area contributed by atoms with Gasteiger partial charge >= 0.3 is 5.97 Å². The van der Waals surface area contributed by atoms with Crippen LogP contribution in [-0.2, 0) is 0 Å². The van der Waals surface area contributed by atoms with Gasteiger partial charge in [-0.2, -0.15) is 0 Å². The predicted octanol–water partition coefficient (Wildman–Crippen LogP) is 6.68. The SMILES string of the molecule is CC1CCC(CN(c2cc(C3CCC(F)(F)CC3)sc2C(=O)O)C2CCC(O)CC2)CC1. The van der Waals surface area contributed by atoms with Gasteiger partial charge < -0.3 is 15.1 Å². The zero-order chi connectivity index (χ0) is 22.9. The molecule has 3 saturated carbocycles. The van der Waals surface area contributed by atoms with Crippen LogP contribution in [0.25, 0.3) is 0 Å². The molecule has 0 spiro atoms. The Bertz CT molecular complexity index is 772. The highest BCUT2D eigenvalue weighted by molar-refractivity contribution is 7.14. The Hall–Kier alpha value is -1.21.